The van der Waals surface area contributed by atoms with Crippen LogP contribution in [-0.2, 0) is 10.5 Å². The van der Waals surface area contributed by atoms with Crippen LogP contribution in [0.1, 0.15) is 34.9 Å². The van der Waals surface area contributed by atoms with Crippen LogP contribution in [0.3, 0.4) is 0 Å². The van der Waals surface area contributed by atoms with Gasteiger partial charge in [-0.25, -0.2) is 4.98 Å². The van der Waals surface area contributed by atoms with Crippen LogP contribution in [0.25, 0.3) is 0 Å². The molecule has 9 nitrogen and oxygen atoms in total. The smallest absolute Gasteiger partial charge is 0.256 e. The van der Waals surface area contributed by atoms with Gasteiger partial charge in [-0.2, -0.15) is 4.98 Å². The minimum absolute atomic E-state index is 0.157. The van der Waals surface area contributed by atoms with Gasteiger partial charge in [-0.1, -0.05) is 17.3 Å². The molecule has 0 aliphatic carbocycles. The number of carbonyl (C=O) groups is 2. The topological polar surface area (TPSA) is 127 Å². The van der Waals surface area contributed by atoms with Crippen LogP contribution in [0.5, 0.6) is 0 Å². The summed E-state index contributed by atoms with van der Waals surface area (Å²) in [6, 6.07) is 11.0. The second-order valence-corrected chi connectivity index (χ2v) is 8.58. The molecule has 1 aliphatic rings. The third kappa shape index (κ3) is 5.25. The summed E-state index contributed by atoms with van der Waals surface area (Å²) in [6.45, 7) is 3.13. The van der Waals surface area contributed by atoms with Crippen molar-refractivity contribution in [3.8, 4) is 0 Å². The molecule has 0 saturated carbocycles. The summed E-state index contributed by atoms with van der Waals surface area (Å²) in [4.78, 5) is 35.9. The van der Waals surface area contributed by atoms with Gasteiger partial charge in [-0.3, -0.25) is 9.59 Å². The lowest BCUT2D eigenvalue weighted by Crippen LogP contribution is -2.41. The number of amides is 2. The van der Waals surface area contributed by atoms with E-state index < -0.39 is 0 Å². The van der Waals surface area contributed by atoms with Crippen LogP contribution in [0, 0.1) is 12.8 Å². The van der Waals surface area contributed by atoms with Crippen molar-refractivity contribution in [1.29, 1.82) is 0 Å². The number of benzene rings is 1. The maximum atomic E-state index is 12.9. The fraction of sp³-hybridized carbons (Fsp3) is 0.318. The van der Waals surface area contributed by atoms with Gasteiger partial charge in [0.25, 0.3) is 5.91 Å². The minimum Gasteiger partial charge on any atom is -0.369 e. The number of aromatic nitrogens is 3. The fourth-order valence-corrected chi connectivity index (χ4v) is 4.48. The predicted octanol–water partition coefficient (Wildman–Crippen LogP) is 3.02. The summed E-state index contributed by atoms with van der Waals surface area (Å²) < 4.78 is 4.99. The van der Waals surface area contributed by atoms with Crippen LogP contribution in [-0.4, -0.2) is 40.0 Å². The second-order valence-electron chi connectivity index (χ2n) is 7.56. The molecule has 0 radical (unpaired) electrons. The Bertz CT molecular complexity index is 1100. The third-order valence-electron chi connectivity index (χ3n) is 5.21. The van der Waals surface area contributed by atoms with Crippen LogP contribution < -0.4 is 16.0 Å². The first kappa shape index (κ1) is 21.8. The average Bonchev–Trinajstić information content (AvgIpc) is 3.23. The Kier molecular flexibility index (Phi) is 6.69. The molecule has 3 N–H and O–H groups in total. The number of carbonyl (C=O) groups excluding carboxylic acids is 2. The van der Waals surface area contributed by atoms with Gasteiger partial charge in [0.1, 0.15) is 5.82 Å². The first-order valence-corrected chi connectivity index (χ1v) is 11.3. The quantitative estimate of drug-likeness (QED) is 0.524. The first-order valence-electron chi connectivity index (χ1n) is 10.3. The number of piperidine rings is 1. The molecule has 166 valence electrons. The van der Waals surface area contributed by atoms with Crippen molar-refractivity contribution in [2.45, 2.75) is 30.4 Å². The lowest BCUT2D eigenvalue weighted by atomic mass is 9.97. The Labute approximate surface area is 189 Å². The predicted molar refractivity (Wildman–Crippen MR) is 121 cm³/mol. The van der Waals surface area contributed by atoms with Gasteiger partial charge >= 0.3 is 0 Å². The van der Waals surface area contributed by atoms with Crippen LogP contribution >= 0.6 is 11.8 Å². The van der Waals surface area contributed by atoms with E-state index in [4.69, 9.17) is 10.3 Å². The molecule has 2 amide bonds. The standard InChI is InChI=1S/C22H24N6O3S/c1-14-25-19(27-31-14)13-32-18-7-3-2-6-17(18)22(30)26-16-8-9-20(24-11-16)28-10-4-5-15(12-28)21(23)29/h2-3,6-9,11,15H,4-5,10,12-13H2,1H3,(H2,23,29)(H,26,30). The van der Waals surface area contributed by atoms with E-state index >= 15 is 0 Å². The van der Waals surface area contributed by atoms with Crippen molar-refractivity contribution in [2.24, 2.45) is 11.7 Å². The number of primary amides is 1. The molecule has 1 fully saturated rings. The number of anilines is 2. The van der Waals surface area contributed by atoms with Crippen molar-refractivity contribution in [2.75, 3.05) is 23.3 Å². The highest BCUT2D eigenvalue weighted by molar-refractivity contribution is 7.98. The Balaban J connectivity index is 1.40. The first-order chi connectivity index (χ1) is 15.5. The van der Waals surface area contributed by atoms with E-state index in [9.17, 15) is 9.59 Å². The Morgan fingerprint density at radius 2 is 2.12 bits per heavy atom. The number of thioether (sulfide) groups is 1. The number of nitrogens with two attached hydrogens (primary N) is 1. The molecule has 4 rings (SSSR count). The Morgan fingerprint density at radius 3 is 2.84 bits per heavy atom. The molecule has 1 atom stereocenters. The van der Waals surface area contributed by atoms with E-state index in [0.717, 1.165) is 30.1 Å². The molecule has 0 spiro atoms. The monoisotopic (exact) mass is 452 g/mol. The number of pyridine rings is 1. The molecule has 10 heteroatoms. The van der Waals surface area contributed by atoms with E-state index in [-0.39, 0.29) is 17.7 Å². The molecule has 1 saturated heterocycles. The van der Waals surface area contributed by atoms with E-state index in [0.29, 0.717) is 35.3 Å². The van der Waals surface area contributed by atoms with Crippen LogP contribution in [0.2, 0.25) is 0 Å². The van der Waals surface area contributed by atoms with E-state index in [2.05, 4.69) is 25.3 Å². The summed E-state index contributed by atoms with van der Waals surface area (Å²) in [5.74, 6) is 1.70. The highest BCUT2D eigenvalue weighted by Gasteiger charge is 2.24. The zero-order valence-electron chi connectivity index (χ0n) is 17.7. The van der Waals surface area contributed by atoms with Crippen molar-refractivity contribution < 1.29 is 14.1 Å². The molecule has 1 unspecified atom stereocenters. The van der Waals surface area contributed by atoms with Crippen molar-refractivity contribution in [1.82, 2.24) is 15.1 Å². The summed E-state index contributed by atoms with van der Waals surface area (Å²) in [5.41, 5.74) is 6.61. The van der Waals surface area contributed by atoms with Crippen LogP contribution in [0.4, 0.5) is 11.5 Å². The van der Waals surface area contributed by atoms with E-state index in [1.54, 1.807) is 19.2 Å². The van der Waals surface area contributed by atoms with E-state index in [1.807, 2.05) is 30.3 Å². The summed E-state index contributed by atoms with van der Waals surface area (Å²) in [6.07, 6.45) is 3.33. The Hall–Kier alpha value is -3.40. The van der Waals surface area contributed by atoms with Crippen molar-refractivity contribution in [3.05, 3.63) is 59.9 Å². The lowest BCUT2D eigenvalue weighted by Gasteiger charge is -2.32. The van der Waals surface area contributed by atoms with Crippen LogP contribution in [0.15, 0.2) is 52.0 Å². The molecule has 32 heavy (non-hydrogen) atoms. The number of nitrogens with zero attached hydrogens (tertiary/aromatic N) is 4. The number of rotatable bonds is 7. The molecule has 3 heterocycles. The largest absolute Gasteiger partial charge is 0.369 e. The highest BCUT2D eigenvalue weighted by atomic mass is 32.2. The maximum Gasteiger partial charge on any atom is 0.256 e. The van der Waals surface area contributed by atoms with Gasteiger partial charge in [-0.05, 0) is 37.1 Å². The van der Waals surface area contributed by atoms with Gasteiger partial charge in [0, 0.05) is 24.9 Å². The van der Waals surface area contributed by atoms with Crippen molar-refractivity contribution >= 4 is 35.1 Å². The van der Waals surface area contributed by atoms with E-state index in [1.165, 1.54) is 11.8 Å². The summed E-state index contributed by atoms with van der Waals surface area (Å²) in [7, 11) is 0. The van der Waals surface area contributed by atoms with Gasteiger partial charge in [0.15, 0.2) is 5.82 Å². The fourth-order valence-electron chi connectivity index (χ4n) is 3.59. The highest BCUT2D eigenvalue weighted by Crippen LogP contribution is 2.27. The van der Waals surface area contributed by atoms with Gasteiger partial charge in [-0.15, -0.1) is 11.8 Å². The SMILES string of the molecule is Cc1nc(CSc2ccccc2C(=O)Nc2ccc(N3CCCC(C(N)=O)C3)nc2)no1. The minimum atomic E-state index is -0.274. The second kappa shape index (κ2) is 9.82. The van der Waals surface area contributed by atoms with Gasteiger partial charge in [0.05, 0.1) is 29.1 Å². The average molecular weight is 453 g/mol. The molecule has 3 aromatic rings. The molecule has 2 aromatic heterocycles. The molecule has 1 aliphatic heterocycles. The molecular formula is C22H24N6O3S. The Morgan fingerprint density at radius 1 is 1.28 bits per heavy atom. The molecule has 1 aromatic carbocycles. The summed E-state index contributed by atoms with van der Waals surface area (Å²) in [5, 5.41) is 6.79. The number of hydrogen-bond acceptors (Lipinski definition) is 8. The maximum absolute atomic E-state index is 12.9. The van der Waals surface area contributed by atoms with Gasteiger partial charge in [0.2, 0.25) is 11.8 Å². The number of hydrogen-bond donors (Lipinski definition) is 2. The zero-order chi connectivity index (χ0) is 22.5. The normalized spacial score (nSPS) is 16.0. The van der Waals surface area contributed by atoms with Gasteiger partial charge < -0.3 is 20.5 Å². The molecular weight excluding hydrogens is 428 g/mol. The zero-order valence-corrected chi connectivity index (χ0v) is 18.5. The third-order valence-corrected chi connectivity index (χ3v) is 6.28. The lowest BCUT2D eigenvalue weighted by molar-refractivity contribution is -0.122. The number of nitrogens with one attached hydrogen (secondary N) is 1. The summed E-state index contributed by atoms with van der Waals surface area (Å²) >= 11 is 1.47. The van der Waals surface area contributed by atoms with Crippen molar-refractivity contribution in [3.63, 3.8) is 0 Å². The number of aryl methyl sites for hydroxylation is 1. The molecule has 0 bridgehead atoms.